The van der Waals surface area contributed by atoms with E-state index in [1.807, 2.05) is 30.3 Å². The van der Waals surface area contributed by atoms with Gasteiger partial charge in [0, 0.05) is 23.6 Å². The van der Waals surface area contributed by atoms with Crippen LogP contribution in [0.1, 0.15) is 66.2 Å². The van der Waals surface area contributed by atoms with Crippen LogP contribution in [0.4, 0.5) is 19.0 Å². The average molecular weight is 664 g/mol. The molecule has 2 atom stereocenters. The van der Waals surface area contributed by atoms with Gasteiger partial charge in [0.1, 0.15) is 11.9 Å². The zero-order valence-corrected chi connectivity index (χ0v) is 26.0. The summed E-state index contributed by atoms with van der Waals surface area (Å²) in [7, 11) is 0. The van der Waals surface area contributed by atoms with E-state index in [0.29, 0.717) is 28.2 Å². The fraction of sp³-hybridized carbons (Fsp3) is 0.162. The van der Waals surface area contributed by atoms with Crippen LogP contribution in [0.5, 0.6) is 0 Å². The molecule has 4 amide bonds. The van der Waals surface area contributed by atoms with Crippen molar-refractivity contribution in [1.29, 1.82) is 0 Å². The van der Waals surface area contributed by atoms with Crippen LogP contribution >= 0.6 is 0 Å². The number of nitrogens with zero attached hydrogens (tertiary/aromatic N) is 4. The standard InChI is InChI=1S/C37H28F3N5O4/c1-2-43-33-29(20-41-45(33)25-14-4-3-5-15-25)30(31(36(43)49)42-32(46)22-12-10-13-24(19-22)37(38,39)40)26-16-7-6-11-23(26)21-44-34(47)27-17-8-9-18-28(27)35(44)48/h3-20,30-31H,2,21H2,1H3,(H,42,46)/t30-,31+/m1/s1. The number of likely N-dealkylation sites (N-methyl/N-ethyl adjacent to an activating group) is 1. The normalized spacial score (nSPS) is 17.3. The van der Waals surface area contributed by atoms with Gasteiger partial charge in [0.2, 0.25) is 0 Å². The first kappa shape index (κ1) is 31.6. The molecule has 3 heterocycles. The Morgan fingerprint density at radius 2 is 1.45 bits per heavy atom. The van der Waals surface area contributed by atoms with E-state index < -0.39 is 47.3 Å². The molecule has 1 aromatic heterocycles. The lowest BCUT2D eigenvalue weighted by Gasteiger charge is -2.39. The van der Waals surface area contributed by atoms with Crippen molar-refractivity contribution in [2.24, 2.45) is 0 Å². The van der Waals surface area contributed by atoms with Crippen LogP contribution in [-0.2, 0) is 17.5 Å². The van der Waals surface area contributed by atoms with Gasteiger partial charge in [-0.15, -0.1) is 0 Å². The van der Waals surface area contributed by atoms with Gasteiger partial charge in [-0.2, -0.15) is 18.3 Å². The summed E-state index contributed by atoms with van der Waals surface area (Å²) in [4.78, 5) is 57.4. The van der Waals surface area contributed by atoms with Gasteiger partial charge in [-0.1, -0.05) is 60.7 Å². The van der Waals surface area contributed by atoms with Crippen molar-refractivity contribution in [3.8, 4) is 5.69 Å². The predicted octanol–water partition coefficient (Wildman–Crippen LogP) is 5.98. The summed E-state index contributed by atoms with van der Waals surface area (Å²) in [5.74, 6) is -2.73. The highest BCUT2D eigenvalue weighted by Crippen LogP contribution is 2.43. The second kappa shape index (κ2) is 12.2. The van der Waals surface area contributed by atoms with Crippen molar-refractivity contribution in [2.45, 2.75) is 31.6 Å². The topological polar surface area (TPSA) is 105 Å². The maximum atomic E-state index is 14.5. The number of hydrogen-bond donors (Lipinski definition) is 1. The van der Waals surface area contributed by atoms with Crippen LogP contribution in [0.25, 0.3) is 5.69 Å². The largest absolute Gasteiger partial charge is 0.416 e. The molecular weight excluding hydrogens is 635 g/mol. The number of nitrogens with one attached hydrogen (secondary N) is 1. The molecule has 0 aliphatic carbocycles. The molecule has 0 saturated heterocycles. The molecule has 246 valence electrons. The Labute approximate surface area is 278 Å². The molecule has 5 aromatic rings. The van der Waals surface area contributed by atoms with Crippen molar-refractivity contribution < 1.29 is 32.3 Å². The van der Waals surface area contributed by atoms with Crippen molar-refractivity contribution in [1.82, 2.24) is 20.0 Å². The second-order valence-electron chi connectivity index (χ2n) is 11.7. The lowest BCUT2D eigenvalue weighted by atomic mass is 9.80. The molecule has 49 heavy (non-hydrogen) atoms. The van der Waals surface area contributed by atoms with E-state index in [-0.39, 0.29) is 29.8 Å². The maximum absolute atomic E-state index is 14.5. The van der Waals surface area contributed by atoms with E-state index in [1.165, 1.54) is 11.0 Å². The van der Waals surface area contributed by atoms with Crippen molar-refractivity contribution in [3.05, 3.63) is 148 Å². The highest BCUT2D eigenvalue weighted by atomic mass is 19.4. The summed E-state index contributed by atoms with van der Waals surface area (Å²) in [6.45, 7) is 1.84. The zero-order valence-electron chi connectivity index (χ0n) is 26.0. The number of alkyl halides is 3. The van der Waals surface area contributed by atoms with Gasteiger partial charge in [0.15, 0.2) is 0 Å². The van der Waals surface area contributed by atoms with Gasteiger partial charge in [-0.05, 0) is 60.5 Å². The Bertz CT molecular complexity index is 2090. The van der Waals surface area contributed by atoms with E-state index >= 15 is 0 Å². The summed E-state index contributed by atoms with van der Waals surface area (Å²) in [5, 5.41) is 7.37. The van der Waals surface area contributed by atoms with Crippen LogP contribution in [0, 0.1) is 0 Å². The molecule has 0 unspecified atom stereocenters. The SMILES string of the molecule is CCN1C(=O)[C@@H](NC(=O)c2cccc(C(F)(F)F)c2)[C@H](c2ccccc2CN2C(=O)c3ccccc3C2=O)c2cnn(-c3ccccc3)c21. The van der Waals surface area contributed by atoms with E-state index in [2.05, 4.69) is 10.4 Å². The van der Waals surface area contributed by atoms with Gasteiger partial charge >= 0.3 is 6.18 Å². The molecule has 2 aliphatic rings. The van der Waals surface area contributed by atoms with Gasteiger partial charge in [-0.3, -0.25) is 29.0 Å². The van der Waals surface area contributed by atoms with E-state index in [4.69, 9.17) is 0 Å². The summed E-state index contributed by atoms with van der Waals surface area (Å²) in [6.07, 6.45) is -3.08. The van der Waals surface area contributed by atoms with Gasteiger partial charge < -0.3 is 5.32 Å². The van der Waals surface area contributed by atoms with E-state index in [0.717, 1.165) is 23.1 Å². The summed E-state index contributed by atoms with van der Waals surface area (Å²) in [6, 6.07) is 25.4. The fourth-order valence-electron chi connectivity index (χ4n) is 6.59. The lowest BCUT2D eigenvalue weighted by molar-refractivity contribution is -0.137. The van der Waals surface area contributed by atoms with E-state index in [9.17, 15) is 32.3 Å². The molecule has 4 aromatic carbocycles. The molecule has 2 aliphatic heterocycles. The molecule has 0 spiro atoms. The number of halogens is 3. The third kappa shape index (κ3) is 5.44. The first-order valence-electron chi connectivity index (χ1n) is 15.5. The molecule has 0 radical (unpaired) electrons. The van der Waals surface area contributed by atoms with Crippen molar-refractivity contribution in [3.63, 3.8) is 0 Å². The lowest BCUT2D eigenvalue weighted by Crippen LogP contribution is -2.55. The minimum atomic E-state index is -4.68. The summed E-state index contributed by atoms with van der Waals surface area (Å²) < 4.78 is 42.2. The Balaban J connectivity index is 1.35. The Hall–Kier alpha value is -6.04. The minimum absolute atomic E-state index is 0.124. The minimum Gasteiger partial charge on any atom is -0.339 e. The quantitative estimate of drug-likeness (QED) is 0.216. The molecular formula is C37H28F3N5O4. The average Bonchev–Trinajstić information content (AvgIpc) is 3.64. The molecule has 7 rings (SSSR count). The Morgan fingerprint density at radius 1 is 0.796 bits per heavy atom. The van der Waals surface area contributed by atoms with Gasteiger partial charge in [-0.25, -0.2) is 4.68 Å². The number of anilines is 1. The predicted molar refractivity (Wildman–Crippen MR) is 173 cm³/mol. The number of benzene rings is 4. The summed E-state index contributed by atoms with van der Waals surface area (Å²) in [5.41, 5.74) is 1.62. The van der Waals surface area contributed by atoms with Gasteiger partial charge in [0.05, 0.1) is 35.1 Å². The monoisotopic (exact) mass is 663 g/mol. The van der Waals surface area contributed by atoms with Crippen LogP contribution in [0.2, 0.25) is 0 Å². The molecule has 9 nitrogen and oxygen atoms in total. The van der Waals surface area contributed by atoms with Crippen LogP contribution in [0.3, 0.4) is 0 Å². The number of rotatable bonds is 7. The Morgan fingerprint density at radius 3 is 2.12 bits per heavy atom. The number of imide groups is 1. The molecule has 1 N–H and O–H groups in total. The molecule has 0 bridgehead atoms. The van der Waals surface area contributed by atoms with Crippen LogP contribution in [-0.4, -0.2) is 50.9 Å². The smallest absolute Gasteiger partial charge is 0.339 e. The first-order valence-corrected chi connectivity index (χ1v) is 15.5. The number of aromatic nitrogens is 2. The zero-order chi connectivity index (χ0) is 34.4. The van der Waals surface area contributed by atoms with E-state index in [1.54, 1.807) is 66.3 Å². The fourth-order valence-corrected chi connectivity index (χ4v) is 6.59. The highest BCUT2D eigenvalue weighted by molar-refractivity contribution is 6.21. The number of carbonyl (C=O) groups is 4. The highest BCUT2D eigenvalue weighted by Gasteiger charge is 2.46. The molecule has 0 fully saturated rings. The summed E-state index contributed by atoms with van der Waals surface area (Å²) >= 11 is 0. The Kier molecular flexibility index (Phi) is 7.86. The van der Waals surface area contributed by atoms with Crippen LogP contribution < -0.4 is 10.2 Å². The van der Waals surface area contributed by atoms with Crippen molar-refractivity contribution in [2.75, 3.05) is 11.4 Å². The first-order chi connectivity index (χ1) is 23.6. The maximum Gasteiger partial charge on any atom is 0.416 e. The third-order valence-electron chi connectivity index (χ3n) is 8.88. The number of hydrogen-bond acceptors (Lipinski definition) is 5. The molecule has 0 saturated carbocycles. The number of carbonyl (C=O) groups excluding carboxylic acids is 4. The van der Waals surface area contributed by atoms with Crippen LogP contribution in [0.15, 0.2) is 109 Å². The second-order valence-corrected chi connectivity index (χ2v) is 11.7. The third-order valence-corrected chi connectivity index (χ3v) is 8.88. The number of amides is 4. The number of para-hydroxylation sites is 1. The van der Waals surface area contributed by atoms with Gasteiger partial charge in [0.25, 0.3) is 23.6 Å². The molecule has 12 heteroatoms. The number of fused-ring (bicyclic) bond motifs is 2. The van der Waals surface area contributed by atoms with Crippen molar-refractivity contribution >= 4 is 29.4 Å².